The Bertz CT molecular complexity index is 843. The summed E-state index contributed by atoms with van der Waals surface area (Å²) in [4.78, 5) is 25.3. The van der Waals surface area contributed by atoms with Gasteiger partial charge in [-0.2, -0.15) is 0 Å². The summed E-state index contributed by atoms with van der Waals surface area (Å²) in [5.74, 6) is -0.650. The average Bonchev–Trinajstić information content (AvgIpc) is 2.70. The van der Waals surface area contributed by atoms with Crippen molar-refractivity contribution in [3.05, 3.63) is 63.6 Å². The zero-order chi connectivity index (χ0) is 21.9. The Morgan fingerprint density at radius 2 is 1.67 bits per heavy atom. The minimum Gasteiger partial charge on any atom is -0.466 e. The van der Waals surface area contributed by atoms with Crippen molar-refractivity contribution in [2.24, 2.45) is 0 Å². The number of nitrogens with two attached hydrogens (primary N) is 1. The number of hydrogen-bond acceptors (Lipinski definition) is 6. The molecular weight excluding hydrogens is 448 g/mol. The Hall–Kier alpha value is -2.38. The molecule has 2 rings (SSSR count). The molecular formula is C23H29BrN2O4. The van der Waals surface area contributed by atoms with Gasteiger partial charge in [-0.25, -0.2) is 4.79 Å². The van der Waals surface area contributed by atoms with Gasteiger partial charge >= 0.3 is 11.9 Å². The highest BCUT2D eigenvalue weighted by atomic mass is 79.9. The first-order valence-electron chi connectivity index (χ1n) is 9.97. The minimum atomic E-state index is -0.373. The number of benzene rings is 2. The Morgan fingerprint density at radius 3 is 2.33 bits per heavy atom. The molecule has 0 heterocycles. The van der Waals surface area contributed by atoms with Crippen LogP contribution in [0.5, 0.6) is 0 Å². The van der Waals surface area contributed by atoms with Crippen molar-refractivity contribution in [3.63, 3.8) is 0 Å². The maximum Gasteiger partial charge on any atom is 0.338 e. The number of hydrogen-bond donors (Lipinski definition) is 1. The molecule has 0 aromatic heterocycles. The lowest BCUT2D eigenvalue weighted by atomic mass is 10.1. The fourth-order valence-corrected chi connectivity index (χ4v) is 3.51. The van der Waals surface area contributed by atoms with Crippen LogP contribution < -0.4 is 5.73 Å². The van der Waals surface area contributed by atoms with Gasteiger partial charge in [-0.3, -0.25) is 9.69 Å². The van der Waals surface area contributed by atoms with Crippen LogP contribution in [0.25, 0.3) is 0 Å². The largest absolute Gasteiger partial charge is 0.466 e. The molecule has 0 saturated heterocycles. The molecule has 0 radical (unpaired) electrons. The van der Waals surface area contributed by atoms with Crippen LogP contribution in [0.15, 0.2) is 46.9 Å². The highest BCUT2D eigenvalue weighted by Crippen LogP contribution is 2.27. The zero-order valence-electron chi connectivity index (χ0n) is 17.5. The number of ether oxygens (including phenoxy) is 2. The van der Waals surface area contributed by atoms with Crippen LogP contribution in [-0.4, -0.2) is 37.1 Å². The average molecular weight is 477 g/mol. The predicted molar refractivity (Wildman–Crippen MR) is 121 cm³/mol. The zero-order valence-corrected chi connectivity index (χ0v) is 19.1. The number of halogens is 1. The quantitative estimate of drug-likeness (QED) is 0.291. The van der Waals surface area contributed by atoms with Gasteiger partial charge in [-0.05, 0) is 65.5 Å². The van der Waals surface area contributed by atoms with Gasteiger partial charge in [0, 0.05) is 24.5 Å². The van der Waals surface area contributed by atoms with Crippen LogP contribution >= 0.6 is 15.9 Å². The summed E-state index contributed by atoms with van der Waals surface area (Å²) in [6.45, 7) is 3.49. The minimum absolute atomic E-state index is 0.277. The molecule has 7 heteroatoms. The van der Waals surface area contributed by atoms with Crippen molar-refractivity contribution in [2.75, 3.05) is 26.0 Å². The first kappa shape index (κ1) is 23.9. The van der Waals surface area contributed by atoms with Gasteiger partial charge in [-0.1, -0.05) is 30.3 Å². The molecule has 0 unspecified atom stereocenters. The lowest BCUT2D eigenvalue weighted by Gasteiger charge is -2.19. The first-order valence-corrected chi connectivity index (χ1v) is 10.8. The summed E-state index contributed by atoms with van der Waals surface area (Å²) in [5, 5.41) is 0. The Labute approximate surface area is 186 Å². The summed E-state index contributed by atoms with van der Waals surface area (Å²) < 4.78 is 10.9. The van der Waals surface area contributed by atoms with Gasteiger partial charge in [0.2, 0.25) is 0 Å². The summed E-state index contributed by atoms with van der Waals surface area (Å²) >= 11 is 3.45. The molecule has 0 aliphatic rings. The number of carbonyl (C=O) groups is 2. The maximum absolute atomic E-state index is 12.4. The smallest absolute Gasteiger partial charge is 0.338 e. The third kappa shape index (κ3) is 8.16. The summed E-state index contributed by atoms with van der Waals surface area (Å²) in [5.41, 5.74) is 9.40. The number of esters is 2. The van der Waals surface area contributed by atoms with Crippen molar-refractivity contribution in [1.82, 2.24) is 4.90 Å². The molecule has 0 amide bonds. The van der Waals surface area contributed by atoms with Crippen molar-refractivity contribution >= 4 is 33.6 Å². The van der Waals surface area contributed by atoms with Gasteiger partial charge in [-0.15, -0.1) is 0 Å². The number of nitrogen functional groups attached to an aromatic ring is 1. The summed E-state index contributed by atoms with van der Waals surface area (Å²) in [6.07, 6.45) is 2.29. The van der Waals surface area contributed by atoms with Crippen LogP contribution in [0.2, 0.25) is 0 Å². The van der Waals surface area contributed by atoms with Crippen LogP contribution in [0.3, 0.4) is 0 Å². The van der Waals surface area contributed by atoms with E-state index in [1.165, 1.54) is 12.5 Å². The number of anilines is 1. The van der Waals surface area contributed by atoms with Crippen molar-refractivity contribution in [3.8, 4) is 0 Å². The van der Waals surface area contributed by atoms with Gasteiger partial charge in [0.15, 0.2) is 0 Å². The van der Waals surface area contributed by atoms with Crippen LogP contribution in [0.1, 0.15) is 47.7 Å². The second kappa shape index (κ2) is 12.3. The summed E-state index contributed by atoms with van der Waals surface area (Å²) in [7, 11) is 2.02. The molecule has 6 nitrogen and oxygen atoms in total. The van der Waals surface area contributed by atoms with E-state index in [1.54, 1.807) is 12.1 Å². The second-order valence-electron chi connectivity index (χ2n) is 7.23. The molecule has 0 bridgehead atoms. The highest BCUT2D eigenvalue weighted by molar-refractivity contribution is 9.10. The lowest BCUT2D eigenvalue weighted by molar-refractivity contribution is -0.141. The van der Waals surface area contributed by atoms with Crippen LogP contribution in [-0.2, 0) is 27.4 Å². The fraction of sp³-hybridized carbons (Fsp3) is 0.391. The Morgan fingerprint density at radius 1 is 1.00 bits per heavy atom. The van der Waals surface area contributed by atoms with Gasteiger partial charge in [0.1, 0.15) is 0 Å². The molecule has 2 aromatic rings. The number of carbonyl (C=O) groups excluding carboxylic acids is 2. The lowest BCUT2D eigenvalue weighted by Crippen LogP contribution is -2.19. The molecule has 0 atom stereocenters. The molecule has 0 fully saturated rings. The van der Waals surface area contributed by atoms with E-state index in [0.717, 1.165) is 31.4 Å². The fourth-order valence-electron chi connectivity index (χ4n) is 3.01. The normalized spacial score (nSPS) is 10.8. The van der Waals surface area contributed by atoms with Crippen molar-refractivity contribution < 1.29 is 19.1 Å². The van der Waals surface area contributed by atoms with E-state index in [2.05, 4.69) is 33.0 Å². The Balaban J connectivity index is 1.88. The molecule has 2 aromatic carbocycles. The maximum atomic E-state index is 12.4. The van der Waals surface area contributed by atoms with E-state index >= 15 is 0 Å². The van der Waals surface area contributed by atoms with E-state index in [-0.39, 0.29) is 11.9 Å². The highest BCUT2D eigenvalue weighted by Gasteiger charge is 2.14. The van der Waals surface area contributed by atoms with Crippen molar-refractivity contribution in [1.29, 1.82) is 0 Å². The second-order valence-corrected chi connectivity index (χ2v) is 8.08. The standard InChI is InChI=1S/C23H29BrN2O4/c1-17(27)29-11-7-4-8-12-30-23(28)19-13-20(22(25)21(24)14-19)16-26(2)15-18-9-5-3-6-10-18/h3,5-6,9-10,13-14H,4,7-8,11-12,15-16,25H2,1-2H3. The number of rotatable bonds is 11. The monoisotopic (exact) mass is 476 g/mol. The van der Waals surface area contributed by atoms with Gasteiger partial charge < -0.3 is 15.2 Å². The molecule has 0 aliphatic heterocycles. The molecule has 0 saturated carbocycles. The SMILES string of the molecule is CC(=O)OCCCCCOC(=O)c1cc(Br)c(N)c(CN(C)Cc2ccccc2)c1. The van der Waals surface area contributed by atoms with E-state index in [4.69, 9.17) is 15.2 Å². The van der Waals surface area contributed by atoms with E-state index in [0.29, 0.717) is 35.5 Å². The molecule has 30 heavy (non-hydrogen) atoms. The van der Waals surface area contributed by atoms with Crippen LogP contribution in [0.4, 0.5) is 5.69 Å². The molecule has 0 spiro atoms. The van der Waals surface area contributed by atoms with Gasteiger partial charge in [0.25, 0.3) is 0 Å². The third-order valence-corrected chi connectivity index (χ3v) is 5.17. The molecule has 2 N–H and O–H groups in total. The van der Waals surface area contributed by atoms with E-state index < -0.39 is 0 Å². The Kier molecular flexibility index (Phi) is 9.83. The predicted octanol–water partition coefficient (Wildman–Crippen LogP) is 4.55. The topological polar surface area (TPSA) is 81.9 Å². The number of unbranched alkanes of at least 4 members (excludes halogenated alkanes) is 2. The number of nitrogens with zero attached hydrogens (tertiary/aromatic N) is 1. The molecule has 0 aliphatic carbocycles. The van der Waals surface area contributed by atoms with E-state index in [9.17, 15) is 9.59 Å². The van der Waals surface area contributed by atoms with Crippen molar-refractivity contribution in [2.45, 2.75) is 39.3 Å². The first-order chi connectivity index (χ1) is 14.4. The van der Waals surface area contributed by atoms with E-state index in [1.807, 2.05) is 25.2 Å². The molecule has 162 valence electrons. The van der Waals surface area contributed by atoms with Crippen LogP contribution in [0, 0.1) is 0 Å². The summed E-state index contributed by atoms with van der Waals surface area (Å²) in [6, 6.07) is 13.7. The van der Waals surface area contributed by atoms with Gasteiger partial charge in [0.05, 0.1) is 24.5 Å². The third-order valence-electron chi connectivity index (χ3n) is 4.51.